The molecule has 0 unspecified atom stereocenters. The Hall–Kier alpha value is -2.81. The molecule has 0 saturated carbocycles. The van der Waals surface area contributed by atoms with Crippen molar-refractivity contribution in [2.24, 2.45) is 0 Å². The van der Waals surface area contributed by atoms with E-state index in [1.165, 1.54) is 15.9 Å². The second kappa shape index (κ2) is 8.74. The van der Waals surface area contributed by atoms with Crippen LogP contribution in [0, 0.1) is 11.7 Å². The number of rotatable bonds is 5. The molecule has 2 aromatic heterocycles. The number of nitrogens with zero attached hydrogens (tertiary/aromatic N) is 2. The summed E-state index contributed by atoms with van der Waals surface area (Å²) in [6.07, 6.45) is 2.43. The maximum absolute atomic E-state index is 12.7. The molecule has 2 N–H and O–H groups in total. The Bertz CT molecular complexity index is 1420. The van der Waals surface area contributed by atoms with Gasteiger partial charge < -0.3 is 4.98 Å². The molecule has 6 nitrogen and oxygen atoms in total. The fourth-order valence-corrected chi connectivity index (χ4v) is 4.61. The third-order valence-electron chi connectivity index (χ3n) is 4.95. The van der Waals surface area contributed by atoms with Crippen LogP contribution in [0.3, 0.4) is 0 Å². The maximum Gasteiger partial charge on any atom is 0.262 e. The summed E-state index contributed by atoms with van der Waals surface area (Å²) >= 11 is 12.9. The van der Waals surface area contributed by atoms with E-state index in [0.717, 1.165) is 21.0 Å². The van der Waals surface area contributed by atoms with Gasteiger partial charge in [0.25, 0.3) is 11.5 Å². The second-order valence-corrected chi connectivity index (χ2v) is 9.00. The van der Waals surface area contributed by atoms with Crippen molar-refractivity contribution in [3.05, 3.63) is 84.3 Å². The van der Waals surface area contributed by atoms with E-state index < -0.39 is 0 Å². The van der Waals surface area contributed by atoms with Gasteiger partial charge in [-0.15, -0.1) is 11.3 Å². The molecule has 9 heteroatoms. The molecule has 0 fully saturated rings. The summed E-state index contributed by atoms with van der Waals surface area (Å²) < 4.78 is 1.81. The minimum atomic E-state index is -0.305. The van der Waals surface area contributed by atoms with Crippen LogP contribution in [-0.4, -0.2) is 20.4 Å². The number of hydrogen-bond acceptors (Lipinski definition) is 5. The molecule has 4 aromatic rings. The Kier molecular flexibility index (Phi) is 6.04. The molecule has 0 radical (unpaired) electrons. The smallest absolute Gasteiger partial charge is 0.262 e. The number of aromatic amines is 1. The van der Waals surface area contributed by atoms with Crippen molar-refractivity contribution in [2.45, 2.75) is 26.8 Å². The first-order chi connectivity index (χ1) is 14.9. The van der Waals surface area contributed by atoms with Gasteiger partial charge in [-0.25, -0.2) is 4.98 Å². The topological polar surface area (TPSA) is 79.8 Å². The Balaban J connectivity index is 1.53. The number of amides is 1. The lowest BCUT2D eigenvalue weighted by atomic mass is 10.1. The van der Waals surface area contributed by atoms with Gasteiger partial charge in [0.15, 0.2) is 9.90 Å². The number of H-pyrrole nitrogens is 1. The lowest BCUT2D eigenvalue weighted by Gasteiger charge is -2.07. The van der Waals surface area contributed by atoms with Gasteiger partial charge in [0, 0.05) is 34.6 Å². The number of nitrogens with one attached hydrogen (secondary N) is 2. The lowest BCUT2D eigenvalue weighted by Crippen LogP contribution is -2.21. The molecule has 0 spiro atoms. The van der Waals surface area contributed by atoms with Crippen LogP contribution in [0.15, 0.2) is 47.4 Å². The van der Waals surface area contributed by atoms with Gasteiger partial charge in [-0.05, 0) is 61.5 Å². The third-order valence-corrected chi connectivity index (χ3v) is 6.59. The highest BCUT2D eigenvalue weighted by Gasteiger charge is 2.12. The molecule has 0 saturated heterocycles. The van der Waals surface area contributed by atoms with Crippen molar-refractivity contribution >= 4 is 57.1 Å². The van der Waals surface area contributed by atoms with Crippen molar-refractivity contribution in [3.8, 4) is 0 Å². The van der Waals surface area contributed by atoms with Crippen LogP contribution in [0.4, 0.5) is 5.13 Å². The van der Waals surface area contributed by atoms with Gasteiger partial charge in [0.2, 0.25) is 0 Å². The number of carbonyl (C=O) groups excluding carboxylic acids is 1. The summed E-state index contributed by atoms with van der Waals surface area (Å²) in [5.74, 6) is -0.305. The van der Waals surface area contributed by atoms with Gasteiger partial charge in [-0.2, -0.15) is 0 Å². The van der Waals surface area contributed by atoms with Gasteiger partial charge >= 0.3 is 0 Å². The Morgan fingerprint density at radius 3 is 2.84 bits per heavy atom. The zero-order valence-electron chi connectivity index (χ0n) is 16.9. The average Bonchev–Trinajstić information content (AvgIpc) is 3.17. The van der Waals surface area contributed by atoms with Crippen LogP contribution in [-0.2, 0) is 13.0 Å². The molecule has 0 aliphatic heterocycles. The lowest BCUT2D eigenvalue weighted by molar-refractivity contribution is 0.102. The number of thiazole rings is 1. The van der Waals surface area contributed by atoms with Crippen molar-refractivity contribution in [2.75, 3.05) is 5.32 Å². The molecular formula is C22H19ClN4O2S2. The minimum absolute atomic E-state index is 0.172. The fourth-order valence-electron chi connectivity index (χ4n) is 3.25. The zero-order chi connectivity index (χ0) is 22.1. The summed E-state index contributed by atoms with van der Waals surface area (Å²) in [6, 6.07) is 10.9. The SMILES string of the molecule is CCn1c(=S)[nH]c2cc(C(=O)Nc3ncc(Cc4ccc(C)c(Cl)c4)s3)ccc2c1=O. The molecule has 0 atom stereocenters. The van der Waals surface area contributed by atoms with Crippen LogP contribution in [0.25, 0.3) is 10.9 Å². The number of hydrogen-bond donors (Lipinski definition) is 2. The second-order valence-electron chi connectivity index (χ2n) is 7.09. The fraction of sp³-hybridized carbons (Fsp3) is 0.182. The number of carbonyl (C=O) groups is 1. The summed E-state index contributed by atoms with van der Waals surface area (Å²) in [4.78, 5) is 33.6. The first-order valence-electron chi connectivity index (χ1n) is 9.63. The largest absolute Gasteiger partial charge is 0.332 e. The van der Waals surface area contributed by atoms with Crippen molar-refractivity contribution in [1.82, 2.24) is 14.5 Å². The highest BCUT2D eigenvalue weighted by Crippen LogP contribution is 2.24. The molecule has 4 rings (SSSR count). The van der Waals surface area contributed by atoms with Crippen LogP contribution >= 0.6 is 35.2 Å². The van der Waals surface area contributed by atoms with E-state index in [2.05, 4.69) is 15.3 Å². The number of fused-ring (bicyclic) bond motifs is 1. The molecule has 31 heavy (non-hydrogen) atoms. The molecule has 0 aliphatic rings. The zero-order valence-corrected chi connectivity index (χ0v) is 19.2. The molecule has 0 aliphatic carbocycles. The van der Waals surface area contributed by atoms with Crippen LogP contribution < -0.4 is 10.9 Å². The summed E-state index contributed by atoms with van der Waals surface area (Å²) in [6.45, 7) is 4.30. The monoisotopic (exact) mass is 470 g/mol. The van der Waals surface area contributed by atoms with Crippen LogP contribution in [0.5, 0.6) is 0 Å². The Labute approximate surface area is 192 Å². The predicted molar refractivity (Wildman–Crippen MR) is 128 cm³/mol. The van der Waals surface area contributed by atoms with E-state index in [-0.39, 0.29) is 11.5 Å². The average molecular weight is 471 g/mol. The van der Waals surface area contributed by atoms with E-state index in [0.29, 0.717) is 39.3 Å². The van der Waals surface area contributed by atoms with Crippen molar-refractivity contribution < 1.29 is 4.79 Å². The summed E-state index contributed by atoms with van der Waals surface area (Å²) in [5, 5.41) is 4.55. The normalized spacial score (nSPS) is 11.1. The van der Waals surface area contributed by atoms with Crippen LogP contribution in [0.2, 0.25) is 5.02 Å². The molecule has 1 amide bonds. The number of benzene rings is 2. The molecular weight excluding hydrogens is 452 g/mol. The maximum atomic E-state index is 12.7. The van der Waals surface area contributed by atoms with Crippen molar-refractivity contribution in [3.63, 3.8) is 0 Å². The highest BCUT2D eigenvalue weighted by molar-refractivity contribution is 7.71. The van der Waals surface area contributed by atoms with Gasteiger partial charge in [0.1, 0.15) is 0 Å². The highest BCUT2D eigenvalue weighted by atomic mass is 35.5. The molecule has 158 valence electrons. The quantitative estimate of drug-likeness (QED) is 0.386. The standard InChI is InChI=1S/C22H19ClN4O2S2/c1-3-27-20(29)16-7-6-14(10-18(16)25-22(27)30)19(28)26-21-24-11-15(31-21)8-13-5-4-12(2)17(23)9-13/h4-7,9-11H,3,8H2,1-2H3,(H,25,30)(H,24,26,28). The van der Waals surface area contributed by atoms with Gasteiger partial charge in [0.05, 0.1) is 10.9 Å². The predicted octanol–water partition coefficient (Wildman–Crippen LogP) is 5.34. The van der Waals surface area contributed by atoms with E-state index in [4.69, 9.17) is 23.8 Å². The molecule has 0 bridgehead atoms. The van der Waals surface area contributed by atoms with E-state index >= 15 is 0 Å². The van der Waals surface area contributed by atoms with E-state index in [9.17, 15) is 9.59 Å². The molecule has 2 heterocycles. The van der Waals surface area contributed by atoms with Crippen LogP contribution in [0.1, 0.15) is 33.3 Å². The minimum Gasteiger partial charge on any atom is -0.332 e. The summed E-state index contributed by atoms with van der Waals surface area (Å²) in [5.41, 5.74) is 2.89. The van der Waals surface area contributed by atoms with Gasteiger partial charge in [-0.1, -0.05) is 23.7 Å². The van der Waals surface area contributed by atoms with E-state index in [1.807, 2.05) is 32.0 Å². The van der Waals surface area contributed by atoms with E-state index in [1.54, 1.807) is 24.4 Å². The first-order valence-corrected chi connectivity index (χ1v) is 11.2. The number of aryl methyl sites for hydroxylation is 1. The summed E-state index contributed by atoms with van der Waals surface area (Å²) in [7, 11) is 0. The Morgan fingerprint density at radius 2 is 2.10 bits per heavy atom. The number of aromatic nitrogens is 3. The third kappa shape index (κ3) is 4.46. The molecule has 2 aromatic carbocycles. The first kappa shape index (κ1) is 21.4. The van der Waals surface area contributed by atoms with Gasteiger partial charge in [-0.3, -0.25) is 19.5 Å². The van der Waals surface area contributed by atoms with Crippen molar-refractivity contribution in [1.29, 1.82) is 0 Å². The number of anilines is 1. The number of halogens is 1. The Morgan fingerprint density at radius 1 is 1.29 bits per heavy atom.